The van der Waals surface area contributed by atoms with E-state index >= 15 is 0 Å². The maximum absolute atomic E-state index is 12.5. The Balaban J connectivity index is 2.21. The Kier molecular flexibility index (Phi) is 4.46. The molecule has 1 aromatic rings. The van der Waals surface area contributed by atoms with E-state index in [1.165, 1.54) is 0 Å². The van der Waals surface area contributed by atoms with Gasteiger partial charge in [-0.2, -0.15) is 0 Å². The molecule has 112 valence electrons. The second kappa shape index (κ2) is 6.12. The van der Waals surface area contributed by atoms with E-state index in [4.69, 9.17) is 0 Å². The number of aryl methyl sites for hydroxylation is 1. The summed E-state index contributed by atoms with van der Waals surface area (Å²) in [7, 11) is 0. The van der Waals surface area contributed by atoms with Crippen molar-refractivity contribution in [1.29, 1.82) is 0 Å². The highest BCUT2D eigenvalue weighted by molar-refractivity contribution is 5.96. The molecule has 0 fully saturated rings. The number of hydrogen-bond donors (Lipinski definition) is 2. The van der Waals surface area contributed by atoms with Gasteiger partial charge in [-0.1, -0.05) is 29.3 Å². The molecule has 1 aromatic carbocycles. The topological polar surface area (TPSA) is 66.4 Å². The van der Waals surface area contributed by atoms with Crippen LogP contribution in [0, 0.1) is 18.8 Å². The van der Waals surface area contributed by atoms with Crippen LogP contribution in [-0.4, -0.2) is 17.0 Å². The fourth-order valence-electron chi connectivity index (χ4n) is 2.77. The summed E-state index contributed by atoms with van der Waals surface area (Å²) < 4.78 is 0. The lowest BCUT2D eigenvalue weighted by Gasteiger charge is -2.29. The lowest BCUT2D eigenvalue weighted by atomic mass is 9.76. The number of allylic oxidation sites excluding steroid dienone is 2. The van der Waals surface area contributed by atoms with Crippen molar-refractivity contribution >= 4 is 17.6 Å². The third kappa shape index (κ3) is 3.32. The zero-order valence-corrected chi connectivity index (χ0v) is 12.6. The highest BCUT2D eigenvalue weighted by atomic mass is 16.4. The summed E-state index contributed by atoms with van der Waals surface area (Å²) in [5, 5.41) is 12.3. The first kappa shape index (κ1) is 15.3. The number of nitrogens with one attached hydrogen (secondary N) is 1. The fourth-order valence-corrected chi connectivity index (χ4v) is 2.77. The molecule has 0 aromatic heterocycles. The molecule has 0 unspecified atom stereocenters. The normalized spacial score (nSPS) is 22.0. The Labute approximate surface area is 124 Å². The second-order valence-electron chi connectivity index (χ2n) is 5.82. The van der Waals surface area contributed by atoms with Crippen LogP contribution in [0.25, 0.3) is 0 Å². The number of carboxylic acid groups (broad SMARTS) is 1. The van der Waals surface area contributed by atoms with E-state index in [1.807, 2.05) is 45.0 Å². The summed E-state index contributed by atoms with van der Waals surface area (Å²) in [4.78, 5) is 23.9. The molecule has 0 saturated carbocycles. The lowest BCUT2D eigenvalue weighted by molar-refractivity contribution is -0.146. The maximum atomic E-state index is 12.5. The van der Waals surface area contributed by atoms with Crippen molar-refractivity contribution in [2.75, 3.05) is 5.32 Å². The zero-order valence-electron chi connectivity index (χ0n) is 12.6. The van der Waals surface area contributed by atoms with E-state index < -0.39 is 17.8 Å². The smallest absolute Gasteiger partial charge is 0.307 e. The van der Waals surface area contributed by atoms with E-state index in [1.54, 1.807) is 0 Å². The average Bonchev–Trinajstić information content (AvgIpc) is 2.43. The zero-order chi connectivity index (χ0) is 15.6. The fraction of sp³-hybridized carbons (Fsp3) is 0.412. The van der Waals surface area contributed by atoms with Gasteiger partial charge in [0.05, 0.1) is 11.8 Å². The molecule has 0 saturated heterocycles. The minimum atomic E-state index is -0.896. The predicted molar refractivity (Wildman–Crippen MR) is 82.0 cm³/mol. The first-order valence-corrected chi connectivity index (χ1v) is 7.14. The van der Waals surface area contributed by atoms with Crippen molar-refractivity contribution in [3.05, 3.63) is 41.0 Å². The molecule has 0 heterocycles. The van der Waals surface area contributed by atoms with Gasteiger partial charge >= 0.3 is 5.97 Å². The third-order valence-electron chi connectivity index (χ3n) is 4.32. The highest BCUT2D eigenvalue weighted by Crippen LogP contribution is 2.35. The SMILES string of the molecule is CC1=C(C)C[C@@H](C(=O)O)[C@@H](C(=O)Nc2ccccc2C)C1. The summed E-state index contributed by atoms with van der Waals surface area (Å²) in [5.41, 5.74) is 3.92. The number of para-hydroxylation sites is 1. The van der Waals surface area contributed by atoms with Gasteiger partial charge in [0.1, 0.15) is 0 Å². The molecule has 0 aliphatic heterocycles. The van der Waals surface area contributed by atoms with Crippen LogP contribution >= 0.6 is 0 Å². The van der Waals surface area contributed by atoms with E-state index in [-0.39, 0.29) is 5.91 Å². The Bertz CT molecular complexity index is 604. The van der Waals surface area contributed by atoms with Crippen molar-refractivity contribution in [1.82, 2.24) is 0 Å². The van der Waals surface area contributed by atoms with Gasteiger partial charge in [-0.05, 0) is 45.2 Å². The summed E-state index contributed by atoms with van der Waals surface area (Å²) in [6.45, 7) is 5.84. The molecular formula is C17H21NO3. The van der Waals surface area contributed by atoms with Crippen molar-refractivity contribution in [3.63, 3.8) is 0 Å². The summed E-state index contributed by atoms with van der Waals surface area (Å²) in [5.74, 6) is -2.25. The van der Waals surface area contributed by atoms with Crippen molar-refractivity contribution in [3.8, 4) is 0 Å². The van der Waals surface area contributed by atoms with Crippen LogP contribution in [0.1, 0.15) is 32.3 Å². The van der Waals surface area contributed by atoms with Gasteiger partial charge in [0.25, 0.3) is 0 Å². The Morgan fingerprint density at radius 2 is 1.62 bits per heavy atom. The highest BCUT2D eigenvalue weighted by Gasteiger charge is 2.37. The van der Waals surface area contributed by atoms with E-state index in [2.05, 4.69) is 5.32 Å². The quantitative estimate of drug-likeness (QED) is 0.837. The van der Waals surface area contributed by atoms with Gasteiger partial charge in [0.15, 0.2) is 0 Å². The second-order valence-corrected chi connectivity index (χ2v) is 5.82. The van der Waals surface area contributed by atoms with Gasteiger partial charge in [-0.25, -0.2) is 0 Å². The Morgan fingerprint density at radius 3 is 2.19 bits per heavy atom. The van der Waals surface area contributed by atoms with Crippen LogP contribution in [0.3, 0.4) is 0 Å². The summed E-state index contributed by atoms with van der Waals surface area (Å²) in [6.07, 6.45) is 0.966. The minimum Gasteiger partial charge on any atom is -0.481 e. The number of benzene rings is 1. The molecule has 2 atom stereocenters. The average molecular weight is 287 g/mol. The molecule has 0 bridgehead atoms. The van der Waals surface area contributed by atoms with Gasteiger partial charge < -0.3 is 10.4 Å². The molecule has 4 heteroatoms. The summed E-state index contributed by atoms with van der Waals surface area (Å²) >= 11 is 0. The first-order chi connectivity index (χ1) is 9.90. The van der Waals surface area contributed by atoms with Crippen molar-refractivity contribution in [2.45, 2.75) is 33.6 Å². The molecule has 2 rings (SSSR count). The Morgan fingerprint density at radius 1 is 1.05 bits per heavy atom. The minimum absolute atomic E-state index is 0.205. The van der Waals surface area contributed by atoms with Crippen LogP contribution in [0.4, 0.5) is 5.69 Å². The number of rotatable bonds is 3. The largest absolute Gasteiger partial charge is 0.481 e. The molecule has 0 spiro atoms. The number of anilines is 1. The number of amides is 1. The lowest BCUT2D eigenvalue weighted by Crippen LogP contribution is -2.36. The van der Waals surface area contributed by atoms with Gasteiger partial charge in [-0.3, -0.25) is 9.59 Å². The standard InChI is InChI=1S/C17H21NO3/c1-10-6-4-5-7-15(10)18-16(19)13-8-11(2)12(3)9-14(13)17(20)21/h4-7,13-14H,8-9H2,1-3H3,(H,18,19)(H,20,21)/t13-,14+/m0/s1. The molecule has 21 heavy (non-hydrogen) atoms. The number of carbonyl (C=O) groups is 2. The van der Waals surface area contributed by atoms with Crippen molar-refractivity contribution < 1.29 is 14.7 Å². The van der Waals surface area contributed by atoms with Gasteiger partial charge in [0, 0.05) is 5.69 Å². The molecule has 1 aliphatic carbocycles. The number of hydrogen-bond acceptors (Lipinski definition) is 2. The number of aliphatic carboxylic acids is 1. The van der Waals surface area contributed by atoms with Crippen LogP contribution in [-0.2, 0) is 9.59 Å². The number of carbonyl (C=O) groups excluding carboxylic acids is 1. The van der Waals surface area contributed by atoms with E-state index in [0.717, 1.165) is 22.4 Å². The third-order valence-corrected chi connectivity index (χ3v) is 4.32. The molecular weight excluding hydrogens is 266 g/mol. The monoisotopic (exact) mass is 287 g/mol. The number of carboxylic acids is 1. The van der Waals surface area contributed by atoms with Gasteiger partial charge in [0.2, 0.25) is 5.91 Å². The van der Waals surface area contributed by atoms with E-state index in [0.29, 0.717) is 12.8 Å². The van der Waals surface area contributed by atoms with Gasteiger partial charge in [-0.15, -0.1) is 0 Å². The molecule has 1 aliphatic rings. The van der Waals surface area contributed by atoms with Crippen LogP contribution in [0.2, 0.25) is 0 Å². The molecule has 0 radical (unpaired) electrons. The Hall–Kier alpha value is -2.10. The first-order valence-electron chi connectivity index (χ1n) is 7.14. The van der Waals surface area contributed by atoms with Crippen molar-refractivity contribution in [2.24, 2.45) is 11.8 Å². The molecule has 4 nitrogen and oxygen atoms in total. The van der Waals surface area contributed by atoms with Crippen LogP contribution < -0.4 is 5.32 Å². The molecule has 2 N–H and O–H groups in total. The van der Waals surface area contributed by atoms with Crippen LogP contribution in [0.5, 0.6) is 0 Å². The predicted octanol–water partition coefficient (Wildman–Crippen LogP) is 3.38. The maximum Gasteiger partial charge on any atom is 0.307 e. The summed E-state index contributed by atoms with van der Waals surface area (Å²) in [6, 6.07) is 7.51. The van der Waals surface area contributed by atoms with E-state index in [9.17, 15) is 14.7 Å². The molecule has 1 amide bonds. The van der Waals surface area contributed by atoms with Crippen LogP contribution in [0.15, 0.2) is 35.4 Å².